The molecule has 0 aliphatic carbocycles. The summed E-state index contributed by atoms with van der Waals surface area (Å²) in [5.74, 6) is -2.86. The summed E-state index contributed by atoms with van der Waals surface area (Å²) in [4.78, 5) is 38.5. The number of fused-ring (bicyclic) bond motifs is 1. The van der Waals surface area contributed by atoms with Crippen LogP contribution in [0.2, 0.25) is 0 Å². The van der Waals surface area contributed by atoms with Crippen LogP contribution >= 0.6 is 0 Å². The van der Waals surface area contributed by atoms with Crippen molar-refractivity contribution in [1.29, 1.82) is 0 Å². The molecule has 1 saturated heterocycles. The monoisotopic (exact) mass is 404 g/mol. The zero-order valence-corrected chi connectivity index (χ0v) is 16.8. The molecule has 1 fully saturated rings. The van der Waals surface area contributed by atoms with Gasteiger partial charge < -0.3 is 19.1 Å². The smallest absolute Gasteiger partial charge is 0.336 e. The van der Waals surface area contributed by atoms with E-state index >= 15 is 0 Å². The number of hydrogen-bond acceptors (Lipinski definition) is 8. The summed E-state index contributed by atoms with van der Waals surface area (Å²) in [6, 6.07) is 5.93. The Balaban J connectivity index is 2.28. The maximum atomic E-state index is 13.1. The first-order chi connectivity index (χ1) is 13.8. The van der Waals surface area contributed by atoms with Crippen molar-refractivity contribution in [2.75, 3.05) is 26.9 Å². The third kappa shape index (κ3) is 3.35. The van der Waals surface area contributed by atoms with Crippen LogP contribution in [0, 0.1) is 16.0 Å². The molecule has 9 nitrogen and oxygen atoms in total. The van der Waals surface area contributed by atoms with E-state index in [1.54, 1.807) is 26.8 Å². The molecule has 1 aromatic carbocycles. The fourth-order valence-electron chi connectivity index (χ4n) is 4.41. The number of benzene rings is 1. The maximum absolute atomic E-state index is 13.1. The summed E-state index contributed by atoms with van der Waals surface area (Å²) >= 11 is 0. The molecule has 0 spiro atoms. The van der Waals surface area contributed by atoms with Gasteiger partial charge in [0.15, 0.2) is 5.72 Å². The lowest BCUT2D eigenvalue weighted by atomic mass is 9.71. The van der Waals surface area contributed by atoms with Gasteiger partial charge in [-0.05, 0) is 26.3 Å². The van der Waals surface area contributed by atoms with Gasteiger partial charge in [0, 0.05) is 30.3 Å². The normalized spacial score (nSPS) is 26.1. The Morgan fingerprint density at radius 2 is 2.14 bits per heavy atom. The lowest BCUT2D eigenvalue weighted by Gasteiger charge is -2.48. The van der Waals surface area contributed by atoms with Gasteiger partial charge in [0.1, 0.15) is 5.92 Å². The second-order valence-corrected chi connectivity index (χ2v) is 7.10. The van der Waals surface area contributed by atoms with Crippen molar-refractivity contribution in [2.24, 2.45) is 5.92 Å². The number of non-ortho nitro benzene ring substituents is 1. The minimum atomic E-state index is -1.05. The molecule has 2 heterocycles. The number of esters is 2. The van der Waals surface area contributed by atoms with E-state index in [0.29, 0.717) is 24.4 Å². The second kappa shape index (κ2) is 7.82. The van der Waals surface area contributed by atoms with E-state index in [9.17, 15) is 19.7 Å². The average Bonchev–Trinajstić information content (AvgIpc) is 3.10. The molecule has 0 radical (unpaired) electrons. The zero-order chi connectivity index (χ0) is 21.3. The number of nitro benzene ring substituents is 1. The Hall–Kier alpha value is -2.94. The molecule has 3 atom stereocenters. The van der Waals surface area contributed by atoms with E-state index in [-0.39, 0.29) is 17.9 Å². The highest BCUT2D eigenvalue weighted by atomic mass is 16.6. The predicted molar refractivity (Wildman–Crippen MR) is 102 cm³/mol. The van der Waals surface area contributed by atoms with Crippen molar-refractivity contribution in [3.05, 3.63) is 51.2 Å². The highest BCUT2D eigenvalue weighted by molar-refractivity contribution is 5.93. The SMILES string of the molecule is CCOC(=O)C1C(c2cccc([N+](=O)[O-])c2)C(C(=O)OC)=C(C)N2CCOC12C. The minimum Gasteiger partial charge on any atom is -0.466 e. The Labute approximate surface area is 168 Å². The molecule has 2 aliphatic heterocycles. The maximum Gasteiger partial charge on any atom is 0.336 e. The van der Waals surface area contributed by atoms with Gasteiger partial charge in [-0.25, -0.2) is 4.79 Å². The van der Waals surface area contributed by atoms with E-state index in [4.69, 9.17) is 14.2 Å². The van der Waals surface area contributed by atoms with Gasteiger partial charge >= 0.3 is 11.9 Å². The summed E-state index contributed by atoms with van der Waals surface area (Å²) in [7, 11) is 1.26. The van der Waals surface area contributed by atoms with Crippen LogP contribution in [0.15, 0.2) is 35.5 Å². The molecular formula is C20H24N2O7. The number of ether oxygens (including phenoxy) is 3. The second-order valence-electron chi connectivity index (χ2n) is 7.10. The van der Waals surface area contributed by atoms with Crippen LogP contribution in [-0.4, -0.2) is 54.4 Å². The molecule has 156 valence electrons. The Kier molecular flexibility index (Phi) is 5.61. The van der Waals surface area contributed by atoms with E-state index in [1.165, 1.54) is 25.3 Å². The van der Waals surface area contributed by atoms with Crippen LogP contribution in [0.1, 0.15) is 32.3 Å². The first kappa shape index (κ1) is 20.8. The number of nitrogens with zero attached hydrogens (tertiary/aromatic N) is 2. The van der Waals surface area contributed by atoms with E-state index in [0.717, 1.165) is 0 Å². The molecule has 0 aromatic heterocycles. The largest absolute Gasteiger partial charge is 0.466 e. The molecular weight excluding hydrogens is 380 g/mol. The van der Waals surface area contributed by atoms with Crippen LogP contribution in [0.4, 0.5) is 5.69 Å². The highest BCUT2D eigenvalue weighted by Gasteiger charge is 2.58. The summed E-state index contributed by atoms with van der Waals surface area (Å²) in [6.45, 7) is 6.28. The summed E-state index contributed by atoms with van der Waals surface area (Å²) in [6.07, 6.45) is 0. The Bertz CT molecular complexity index is 881. The number of allylic oxidation sites excluding steroid dienone is 1. The Morgan fingerprint density at radius 3 is 2.76 bits per heavy atom. The first-order valence-electron chi connectivity index (χ1n) is 9.37. The topological polar surface area (TPSA) is 108 Å². The molecule has 2 aliphatic rings. The van der Waals surface area contributed by atoms with Crippen LogP contribution < -0.4 is 0 Å². The van der Waals surface area contributed by atoms with E-state index < -0.39 is 34.4 Å². The van der Waals surface area contributed by atoms with Gasteiger partial charge in [-0.3, -0.25) is 14.9 Å². The molecule has 0 amide bonds. The molecule has 3 rings (SSSR count). The van der Waals surface area contributed by atoms with E-state index in [2.05, 4.69) is 0 Å². The highest BCUT2D eigenvalue weighted by Crippen LogP contribution is 2.51. The van der Waals surface area contributed by atoms with Gasteiger partial charge in [0.05, 0.1) is 30.8 Å². The fraction of sp³-hybridized carbons (Fsp3) is 0.500. The zero-order valence-electron chi connectivity index (χ0n) is 16.8. The number of methoxy groups -OCH3 is 1. The van der Waals surface area contributed by atoms with Crippen LogP contribution in [-0.2, 0) is 23.8 Å². The number of hydrogen-bond donors (Lipinski definition) is 0. The average molecular weight is 404 g/mol. The van der Waals surface area contributed by atoms with Crippen molar-refractivity contribution >= 4 is 17.6 Å². The van der Waals surface area contributed by atoms with Gasteiger partial charge in [0.25, 0.3) is 5.69 Å². The molecule has 0 N–H and O–H groups in total. The van der Waals surface area contributed by atoms with E-state index in [1.807, 2.05) is 4.90 Å². The van der Waals surface area contributed by atoms with Crippen molar-refractivity contribution in [1.82, 2.24) is 4.90 Å². The molecule has 3 unspecified atom stereocenters. The molecule has 29 heavy (non-hydrogen) atoms. The fourth-order valence-corrected chi connectivity index (χ4v) is 4.41. The van der Waals surface area contributed by atoms with Gasteiger partial charge in [-0.15, -0.1) is 0 Å². The van der Waals surface area contributed by atoms with Crippen molar-refractivity contribution < 1.29 is 28.7 Å². The molecule has 0 bridgehead atoms. The standard InChI is InChI=1S/C20H24N2O7/c1-5-28-19(24)17-16(13-7-6-8-14(11-13)22(25)26)15(18(23)27-4)12(2)21-9-10-29-20(17,21)3/h6-8,11,16-17H,5,9-10H2,1-4H3. The number of nitro groups is 1. The molecule has 0 saturated carbocycles. The van der Waals surface area contributed by atoms with Crippen molar-refractivity contribution in [3.8, 4) is 0 Å². The lowest BCUT2D eigenvalue weighted by molar-refractivity contribution is -0.384. The third-order valence-corrected chi connectivity index (χ3v) is 5.65. The Morgan fingerprint density at radius 1 is 1.41 bits per heavy atom. The van der Waals surface area contributed by atoms with Crippen molar-refractivity contribution in [2.45, 2.75) is 32.4 Å². The summed E-state index contributed by atoms with van der Waals surface area (Å²) in [5.41, 5.74) is 0.159. The van der Waals surface area contributed by atoms with Crippen LogP contribution in [0.3, 0.4) is 0 Å². The van der Waals surface area contributed by atoms with Crippen LogP contribution in [0.5, 0.6) is 0 Å². The first-order valence-corrected chi connectivity index (χ1v) is 9.37. The number of carbonyl (C=O) groups excluding carboxylic acids is 2. The number of rotatable bonds is 5. The lowest BCUT2D eigenvalue weighted by Crippen LogP contribution is -2.57. The third-order valence-electron chi connectivity index (χ3n) is 5.65. The van der Waals surface area contributed by atoms with Gasteiger partial charge in [0.2, 0.25) is 0 Å². The summed E-state index contributed by atoms with van der Waals surface area (Å²) in [5, 5.41) is 11.3. The van der Waals surface area contributed by atoms with Gasteiger partial charge in [-0.1, -0.05) is 12.1 Å². The molecule has 9 heteroatoms. The summed E-state index contributed by atoms with van der Waals surface area (Å²) < 4.78 is 16.3. The van der Waals surface area contributed by atoms with Crippen LogP contribution in [0.25, 0.3) is 0 Å². The predicted octanol–water partition coefficient (Wildman–Crippen LogP) is 2.37. The van der Waals surface area contributed by atoms with Gasteiger partial charge in [-0.2, -0.15) is 0 Å². The number of carbonyl (C=O) groups is 2. The molecule has 1 aromatic rings. The van der Waals surface area contributed by atoms with Crippen molar-refractivity contribution in [3.63, 3.8) is 0 Å². The minimum absolute atomic E-state index is 0.132. The quantitative estimate of drug-likeness (QED) is 0.418.